The Morgan fingerprint density at radius 2 is 1.73 bits per heavy atom. The van der Waals surface area contributed by atoms with Gasteiger partial charge in [0.05, 0.1) is 11.8 Å². The molecule has 16 heteroatoms. The van der Waals surface area contributed by atoms with E-state index in [0.29, 0.717) is 23.3 Å². The summed E-state index contributed by atoms with van der Waals surface area (Å²) in [7, 11) is -4.37. The van der Waals surface area contributed by atoms with Gasteiger partial charge in [-0.25, -0.2) is 14.7 Å². The molecule has 0 aliphatic carbocycles. The van der Waals surface area contributed by atoms with Gasteiger partial charge in [-0.3, -0.25) is 14.9 Å². The van der Waals surface area contributed by atoms with Crippen LogP contribution in [0.4, 0.5) is 29.3 Å². The van der Waals surface area contributed by atoms with Gasteiger partial charge in [-0.2, -0.15) is 21.6 Å². The topological polar surface area (TPSA) is 191 Å². The number of halogens is 3. The van der Waals surface area contributed by atoms with Crippen molar-refractivity contribution in [2.45, 2.75) is 39.4 Å². The van der Waals surface area contributed by atoms with Crippen LogP contribution < -0.4 is 26.2 Å². The number of benzene rings is 3. The van der Waals surface area contributed by atoms with Crippen molar-refractivity contribution in [3.05, 3.63) is 94.2 Å². The fraction of sp³-hybridized carbons (Fsp3) is 0.207. The summed E-state index contributed by atoms with van der Waals surface area (Å²) in [5.74, 6) is -1.17. The van der Waals surface area contributed by atoms with Crippen molar-refractivity contribution in [1.82, 2.24) is 4.72 Å². The second-order valence-electron chi connectivity index (χ2n) is 10.1. The zero-order chi connectivity index (χ0) is 33.1. The third kappa shape index (κ3) is 8.30. The molecule has 0 spiro atoms. The number of amidine groups is 1. The molecule has 238 valence electrons. The number of anilines is 2. The quantitative estimate of drug-likeness (QED) is 0.0728. The van der Waals surface area contributed by atoms with Crippen molar-refractivity contribution in [3.8, 4) is 0 Å². The molecule has 1 heterocycles. The largest absolute Gasteiger partial charge is 0.464 e. The number of hydrogen-bond acceptors (Lipinski definition) is 8. The van der Waals surface area contributed by atoms with Crippen LogP contribution in [0.1, 0.15) is 46.3 Å². The number of amides is 2. The molecule has 4 rings (SSSR count). The predicted octanol–water partition coefficient (Wildman–Crippen LogP) is 4.97. The number of oxime groups is 1. The fourth-order valence-corrected chi connectivity index (χ4v) is 4.89. The third-order valence-corrected chi connectivity index (χ3v) is 7.04. The Labute approximate surface area is 255 Å². The second kappa shape index (κ2) is 12.9. The first-order valence-corrected chi connectivity index (χ1v) is 14.8. The minimum absolute atomic E-state index is 0.148. The normalized spacial score (nSPS) is 12.9. The number of rotatable bonds is 9. The molecule has 0 saturated carbocycles. The van der Waals surface area contributed by atoms with E-state index in [4.69, 9.17) is 20.1 Å². The molecule has 0 aliphatic rings. The molecule has 4 aromatic rings. The highest BCUT2D eigenvalue weighted by Crippen LogP contribution is 2.32. The molecule has 45 heavy (non-hydrogen) atoms. The van der Waals surface area contributed by atoms with Crippen LogP contribution in [0.25, 0.3) is 11.0 Å². The van der Waals surface area contributed by atoms with Crippen LogP contribution in [0.15, 0.2) is 70.4 Å². The maximum Gasteiger partial charge on any atom is 0.437 e. The zero-order valence-electron chi connectivity index (χ0n) is 24.2. The number of carbonyl (C=O) groups is 2. The maximum absolute atomic E-state index is 13.1. The lowest BCUT2D eigenvalue weighted by Crippen LogP contribution is -2.41. The highest BCUT2D eigenvalue weighted by Gasteiger charge is 2.31. The average molecular weight is 647 g/mol. The Hall–Kier alpha value is -5.09. The van der Waals surface area contributed by atoms with Crippen molar-refractivity contribution in [2.24, 2.45) is 16.0 Å². The summed E-state index contributed by atoms with van der Waals surface area (Å²) < 4.78 is 70.0. The fourth-order valence-electron chi connectivity index (χ4n) is 4.49. The lowest BCUT2D eigenvalue weighted by Gasteiger charge is -2.20. The van der Waals surface area contributed by atoms with Gasteiger partial charge in [0.1, 0.15) is 11.6 Å². The summed E-state index contributed by atoms with van der Waals surface area (Å²) in [5, 5.41) is 14.5. The Balaban J connectivity index is 1.52. The van der Waals surface area contributed by atoms with E-state index in [1.54, 1.807) is 23.1 Å². The lowest BCUT2D eigenvalue weighted by atomic mass is 9.98. The molecule has 3 aromatic carbocycles. The molecule has 1 unspecified atom stereocenters. The molecule has 7 N–H and O–H groups in total. The molecule has 0 aliphatic heterocycles. The van der Waals surface area contributed by atoms with Crippen molar-refractivity contribution >= 4 is 50.4 Å². The molecule has 0 radical (unpaired) electrons. The smallest absolute Gasteiger partial charge is 0.437 e. The number of aryl methyl sites for hydroxylation is 3. The molecule has 0 saturated heterocycles. The number of furan rings is 1. The summed E-state index contributed by atoms with van der Waals surface area (Å²) in [6.45, 7) is 5.19. The molecule has 1 atom stereocenters. The van der Waals surface area contributed by atoms with Crippen LogP contribution in [0, 0.1) is 13.8 Å². The standard InChI is InChI=1S/C29H29F3N6O6S/c1-4-17-11-19(12-23-16(3)14-43-25(17)23)24(27(39)38-45(34,41)42)35-21-7-5-18(6-8-21)26(33)37-44-28(40)36-22-10-15(2)9-20(13-22)29(30,31)32/h5-14,24,35H,4H2,1-3H3,(H2,33,37)(H,36,40)(H,38,39)(H2,34,41,42). The number of nitrogens with one attached hydrogen (secondary N) is 3. The van der Waals surface area contributed by atoms with Gasteiger partial charge in [-0.1, -0.05) is 12.1 Å². The van der Waals surface area contributed by atoms with E-state index in [0.717, 1.165) is 28.6 Å². The van der Waals surface area contributed by atoms with Crippen LogP contribution >= 0.6 is 0 Å². The van der Waals surface area contributed by atoms with E-state index in [2.05, 4.69) is 15.8 Å². The first-order chi connectivity index (χ1) is 21.0. The SMILES string of the molecule is CCc1cc(C(Nc2ccc(/C(N)=N/OC(=O)Nc3cc(C)cc(C(F)(F)F)c3)cc2)C(=O)NS(N)(=O)=O)cc2c(C)coc12. The van der Waals surface area contributed by atoms with Crippen LogP contribution in [0.3, 0.4) is 0 Å². The highest BCUT2D eigenvalue weighted by molar-refractivity contribution is 7.87. The molecule has 12 nitrogen and oxygen atoms in total. The first kappa shape index (κ1) is 32.8. The van der Waals surface area contributed by atoms with E-state index < -0.39 is 40.0 Å². The van der Waals surface area contributed by atoms with Crippen LogP contribution in [-0.2, 0) is 32.4 Å². The predicted molar refractivity (Wildman–Crippen MR) is 161 cm³/mol. The summed E-state index contributed by atoms with van der Waals surface area (Å²) in [6, 6.07) is 11.2. The number of alkyl halides is 3. The Bertz CT molecular complexity index is 1890. The van der Waals surface area contributed by atoms with Gasteiger partial charge in [0, 0.05) is 22.3 Å². The molecule has 0 fully saturated rings. The Morgan fingerprint density at radius 1 is 1.04 bits per heavy atom. The van der Waals surface area contributed by atoms with Crippen molar-refractivity contribution in [2.75, 3.05) is 10.6 Å². The molecule has 2 amide bonds. The molecule has 1 aromatic heterocycles. The molecular weight excluding hydrogens is 617 g/mol. The van der Waals surface area contributed by atoms with Gasteiger partial charge in [0.25, 0.3) is 16.1 Å². The van der Waals surface area contributed by atoms with Crippen LogP contribution in [0.2, 0.25) is 0 Å². The Morgan fingerprint density at radius 3 is 2.36 bits per heavy atom. The van der Waals surface area contributed by atoms with Crippen molar-refractivity contribution in [1.29, 1.82) is 0 Å². The summed E-state index contributed by atoms with van der Waals surface area (Å²) in [4.78, 5) is 29.9. The summed E-state index contributed by atoms with van der Waals surface area (Å²) in [5.41, 5.74) is 8.49. The third-order valence-electron chi connectivity index (χ3n) is 6.56. The van der Waals surface area contributed by atoms with Crippen molar-refractivity contribution < 1.29 is 40.4 Å². The van der Waals surface area contributed by atoms with Crippen molar-refractivity contribution in [3.63, 3.8) is 0 Å². The minimum atomic E-state index is -4.60. The number of hydrogen-bond donors (Lipinski definition) is 5. The van der Waals surface area contributed by atoms with Gasteiger partial charge in [0.2, 0.25) is 0 Å². The molecule has 0 bridgehead atoms. The Kier molecular flexibility index (Phi) is 9.39. The number of carbonyl (C=O) groups excluding carboxylic acids is 2. The monoisotopic (exact) mass is 646 g/mol. The van der Waals surface area contributed by atoms with E-state index in [1.165, 1.54) is 37.3 Å². The minimum Gasteiger partial charge on any atom is -0.464 e. The van der Waals surface area contributed by atoms with Gasteiger partial charge < -0.3 is 15.5 Å². The second-order valence-corrected chi connectivity index (χ2v) is 11.4. The first-order valence-electron chi connectivity index (χ1n) is 13.3. The van der Waals surface area contributed by atoms with E-state index >= 15 is 0 Å². The number of fused-ring (bicyclic) bond motifs is 1. The summed E-state index contributed by atoms with van der Waals surface area (Å²) in [6.07, 6.45) is -3.61. The summed E-state index contributed by atoms with van der Waals surface area (Å²) >= 11 is 0. The van der Waals surface area contributed by atoms with Crippen LogP contribution in [0.5, 0.6) is 0 Å². The zero-order valence-corrected chi connectivity index (χ0v) is 25.0. The maximum atomic E-state index is 13.1. The van der Waals surface area contributed by atoms with Gasteiger partial charge in [0.15, 0.2) is 5.84 Å². The van der Waals surface area contributed by atoms with Gasteiger partial charge in [-0.05, 0) is 97.1 Å². The van der Waals surface area contributed by atoms with Gasteiger partial charge >= 0.3 is 12.3 Å². The molecular formula is C29H29F3N6O6S. The van der Waals surface area contributed by atoms with E-state index in [9.17, 15) is 31.2 Å². The number of nitrogens with two attached hydrogens (primary N) is 2. The van der Waals surface area contributed by atoms with Gasteiger partial charge in [-0.15, -0.1) is 0 Å². The highest BCUT2D eigenvalue weighted by atomic mass is 32.2. The average Bonchev–Trinajstić information content (AvgIpc) is 3.33. The van der Waals surface area contributed by atoms with E-state index in [1.807, 2.05) is 13.8 Å². The number of nitrogens with zero attached hydrogens (tertiary/aromatic N) is 1. The van der Waals surface area contributed by atoms with E-state index in [-0.39, 0.29) is 22.6 Å². The van der Waals surface area contributed by atoms with Crippen LogP contribution in [-0.4, -0.2) is 26.3 Å². The lowest BCUT2D eigenvalue weighted by molar-refractivity contribution is -0.137.